The van der Waals surface area contributed by atoms with E-state index in [9.17, 15) is 0 Å². The number of ether oxygens (including phenoxy) is 1. The summed E-state index contributed by atoms with van der Waals surface area (Å²) in [6, 6.07) is 1.83. The zero-order valence-corrected chi connectivity index (χ0v) is 9.97. The van der Waals surface area contributed by atoms with Crippen molar-refractivity contribution in [1.29, 1.82) is 0 Å². The van der Waals surface area contributed by atoms with E-state index >= 15 is 0 Å². The molecule has 0 aromatic carbocycles. The Morgan fingerprint density at radius 1 is 1.50 bits per heavy atom. The van der Waals surface area contributed by atoms with Gasteiger partial charge in [-0.05, 0) is 19.8 Å². The lowest BCUT2D eigenvalue weighted by Crippen LogP contribution is -2.27. The van der Waals surface area contributed by atoms with Crippen molar-refractivity contribution in [2.45, 2.75) is 26.8 Å². The van der Waals surface area contributed by atoms with E-state index < -0.39 is 0 Å². The molecule has 0 spiro atoms. The predicted molar refractivity (Wildman–Crippen MR) is 62.5 cm³/mol. The SMILES string of the molecule is CCOc1ccnc(NC(C)C(C)CO)n1. The third-order valence-electron chi connectivity index (χ3n) is 2.42. The standard InChI is InChI=1S/C11H19N3O2/c1-4-16-10-5-6-12-11(14-10)13-9(3)8(2)7-15/h5-6,8-9,15H,4,7H2,1-3H3,(H,12,13,14). The van der Waals surface area contributed by atoms with Gasteiger partial charge in [-0.25, -0.2) is 4.98 Å². The highest BCUT2D eigenvalue weighted by Crippen LogP contribution is 2.11. The molecule has 2 unspecified atom stereocenters. The van der Waals surface area contributed by atoms with Crippen LogP contribution >= 0.6 is 0 Å². The highest BCUT2D eigenvalue weighted by molar-refractivity contribution is 5.28. The molecule has 0 saturated heterocycles. The van der Waals surface area contributed by atoms with Gasteiger partial charge in [0.25, 0.3) is 0 Å². The summed E-state index contributed by atoms with van der Waals surface area (Å²) >= 11 is 0. The Morgan fingerprint density at radius 2 is 2.25 bits per heavy atom. The van der Waals surface area contributed by atoms with Crippen LogP contribution in [0.4, 0.5) is 5.95 Å². The summed E-state index contributed by atoms with van der Waals surface area (Å²) in [6.07, 6.45) is 1.65. The Bertz CT molecular complexity index is 320. The maximum absolute atomic E-state index is 9.02. The molecule has 0 fully saturated rings. The third kappa shape index (κ3) is 3.66. The molecule has 2 atom stereocenters. The van der Waals surface area contributed by atoms with E-state index in [1.165, 1.54) is 0 Å². The van der Waals surface area contributed by atoms with Crippen LogP contribution < -0.4 is 10.1 Å². The second-order valence-electron chi connectivity index (χ2n) is 3.74. The van der Waals surface area contributed by atoms with Crippen molar-refractivity contribution in [3.8, 4) is 5.88 Å². The second kappa shape index (κ2) is 6.27. The first-order valence-electron chi connectivity index (χ1n) is 5.50. The molecule has 0 aliphatic rings. The monoisotopic (exact) mass is 225 g/mol. The van der Waals surface area contributed by atoms with Crippen molar-refractivity contribution in [3.63, 3.8) is 0 Å². The zero-order valence-electron chi connectivity index (χ0n) is 9.97. The van der Waals surface area contributed by atoms with Crippen molar-refractivity contribution >= 4 is 5.95 Å². The van der Waals surface area contributed by atoms with Crippen molar-refractivity contribution in [2.24, 2.45) is 5.92 Å². The van der Waals surface area contributed by atoms with E-state index in [2.05, 4.69) is 15.3 Å². The fraction of sp³-hybridized carbons (Fsp3) is 0.636. The molecule has 5 heteroatoms. The van der Waals surface area contributed by atoms with Gasteiger partial charge in [0, 0.05) is 24.9 Å². The van der Waals surface area contributed by atoms with Gasteiger partial charge in [0.2, 0.25) is 11.8 Å². The van der Waals surface area contributed by atoms with Gasteiger partial charge < -0.3 is 15.2 Å². The molecule has 1 aromatic rings. The quantitative estimate of drug-likeness (QED) is 0.764. The smallest absolute Gasteiger partial charge is 0.226 e. The van der Waals surface area contributed by atoms with Crippen LogP contribution in [-0.4, -0.2) is 34.3 Å². The Balaban J connectivity index is 2.62. The lowest BCUT2D eigenvalue weighted by atomic mass is 10.1. The number of aliphatic hydroxyl groups is 1. The number of nitrogens with zero attached hydrogens (tertiary/aromatic N) is 2. The molecule has 1 aromatic heterocycles. The minimum atomic E-state index is 0.113. The van der Waals surface area contributed by atoms with E-state index in [4.69, 9.17) is 9.84 Å². The van der Waals surface area contributed by atoms with Crippen molar-refractivity contribution < 1.29 is 9.84 Å². The van der Waals surface area contributed by atoms with Gasteiger partial charge in [0.1, 0.15) is 0 Å². The molecule has 1 heterocycles. The number of hydrogen-bond acceptors (Lipinski definition) is 5. The van der Waals surface area contributed by atoms with Crippen LogP contribution in [0.2, 0.25) is 0 Å². The number of anilines is 1. The Labute approximate surface area is 95.9 Å². The van der Waals surface area contributed by atoms with Crippen molar-refractivity contribution in [3.05, 3.63) is 12.3 Å². The fourth-order valence-electron chi connectivity index (χ4n) is 1.14. The Morgan fingerprint density at radius 3 is 2.88 bits per heavy atom. The lowest BCUT2D eigenvalue weighted by molar-refractivity contribution is 0.226. The summed E-state index contributed by atoms with van der Waals surface area (Å²) in [5.74, 6) is 1.24. The topological polar surface area (TPSA) is 67.3 Å². The summed E-state index contributed by atoms with van der Waals surface area (Å²) < 4.78 is 5.27. The molecular formula is C11H19N3O2. The molecule has 0 saturated carbocycles. The predicted octanol–water partition coefficient (Wildman–Crippen LogP) is 1.30. The van der Waals surface area contributed by atoms with Crippen LogP contribution in [-0.2, 0) is 0 Å². The second-order valence-corrected chi connectivity index (χ2v) is 3.74. The number of nitrogens with one attached hydrogen (secondary N) is 1. The van der Waals surface area contributed by atoms with E-state index in [0.717, 1.165) is 0 Å². The highest BCUT2D eigenvalue weighted by atomic mass is 16.5. The largest absolute Gasteiger partial charge is 0.478 e. The van der Waals surface area contributed by atoms with E-state index in [0.29, 0.717) is 18.4 Å². The van der Waals surface area contributed by atoms with E-state index in [-0.39, 0.29) is 18.6 Å². The fourth-order valence-corrected chi connectivity index (χ4v) is 1.14. The van der Waals surface area contributed by atoms with Gasteiger partial charge >= 0.3 is 0 Å². The summed E-state index contributed by atoms with van der Waals surface area (Å²) in [5, 5.41) is 12.1. The minimum absolute atomic E-state index is 0.113. The first-order chi connectivity index (χ1) is 7.67. The van der Waals surface area contributed by atoms with Crippen LogP contribution in [0.25, 0.3) is 0 Å². The lowest BCUT2D eigenvalue weighted by Gasteiger charge is -2.19. The average molecular weight is 225 g/mol. The number of aromatic nitrogens is 2. The Kier molecular flexibility index (Phi) is 4.98. The number of hydrogen-bond donors (Lipinski definition) is 2. The first kappa shape index (κ1) is 12.7. The normalized spacial score (nSPS) is 14.2. The van der Waals surface area contributed by atoms with Gasteiger partial charge in [0.05, 0.1) is 6.61 Å². The van der Waals surface area contributed by atoms with Gasteiger partial charge in [0.15, 0.2) is 0 Å². The molecule has 0 amide bonds. The first-order valence-corrected chi connectivity index (χ1v) is 5.50. The summed E-state index contributed by atoms with van der Waals surface area (Å²) in [6.45, 7) is 6.58. The van der Waals surface area contributed by atoms with E-state index in [1.807, 2.05) is 20.8 Å². The number of rotatable bonds is 6. The molecule has 0 aliphatic heterocycles. The summed E-state index contributed by atoms with van der Waals surface area (Å²) in [4.78, 5) is 8.29. The van der Waals surface area contributed by atoms with Gasteiger partial charge in [-0.2, -0.15) is 4.98 Å². The molecule has 1 rings (SSSR count). The zero-order chi connectivity index (χ0) is 12.0. The van der Waals surface area contributed by atoms with Crippen molar-refractivity contribution in [1.82, 2.24) is 9.97 Å². The van der Waals surface area contributed by atoms with Crippen LogP contribution in [0.15, 0.2) is 12.3 Å². The highest BCUT2D eigenvalue weighted by Gasteiger charge is 2.12. The third-order valence-corrected chi connectivity index (χ3v) is 2.42. The van der Waals surface area contributed by atoms with Crippen LogP contribution in [0.3, 0.4) is 0 Å². The van der Waals surface area contributed by atoms with Crippen LogP contribution in [0.5, 0.6) is 5.88 Å². The molecule has 5 nitrogen and oxygen atoms in total. The van der Waals surface area contributed by atoms with Gasteiger partial charge in [-0.1, -0.05) is 6.92 Å². The van der Waals surface area contributed by atoms with Crippen LogP contribution in [0, 0.1) is 5.92 Å². The molecular weight excluding hydrogens is 206 g/mol. The van der Waals surface area contributed by atoms with Gasteiger partial charge in [-0.3, -0.25) is 0 Å². The maximum Gasteiger partial charge on any atom is 0.226 e. The van der Waals surface area contributed by atoms with Gasteiger partial charge in [-0.15, -0.1) is 0 Å². The van der Waals surface area contributed by atoms with Crippen LogP contribution in [0.1, 0.15) is 20.8 Å². The Hall–Kier alpha value is -1.36. The molecule has 2 N–H and O–H groups in total. The summed E-state index contributed by atoms with van der Waals surface area (Å²) in [7, 11) is 0. The molecule has 90 valence electrons. The molecule has 16 heavy (non-hydrogen) atoms. The maximum atomic E-state index is 9.02. The molecule has 0 aliphatic carbocycles. The van der Waals surface area contributed by atoms with Crippen molar-refractivity contribution in [2.75, 3.05) is 18.5 Å². The number of aliphatic hydroxyl groups excluding tert-OH is 1. The molecule has 0 bridgehead atoms. The molecule has 0 radical (unpaired) electrons. The minimum Gasteiger partial charge on any atom is -0.478 e. The van der Waals surface area contributed by atoms with E-state index in [1.54, 1.807) is 12.3 Å². The summed E-state index contributed by atoms with van der Waals surface area (Å²) in [5.41, 5.74) is 0. The average Bonchev–Trinajstić information content (AvgIpc) is 2.29.